The highest BCUT2D eigenvalue weighted by molar-refractivity contribution is 7.11. The summed E-state index contributed by atoms with van der Waals surface area (Å²) in [5, 5.41) is 7.94. The Balaban J connectivity index is 1.60. The second kappa shape index (κ2) is 7.60. The quantitative estimate of drug-likeness (QED) is 0.452. The van der Waals surface area contributed by atoms with Crippen molar-refractivity contribution in [1.82, 2.24) is 25.1 Å². The van der Waals surface area contributed by atoms with Gasteiger partial charge in [0, 0.05) is 22.8 Å². The van der Waals surface area contributed by atoms with Crippen molar-refractivity contribution in [2.75, 3.05) is 12.3 Å². The number of nitrogen functional groups attached to an aromatic ring is 1. The Morgan fingerprint density at radius 3 is 2.80 bits per heavy atom. The smallest absolute Gasteiger partial charge is 0.311 e. The number of carbonyl (C=O) groups excluding carboxylic acids is 2. The summed E-state index contributed by atoms with van der Waals surface area (Å²) in [6.07, 6.45) is 4.29. The zero-order valence-corrected chi connectivity index (χ0v) is 17.8. The highest BCUT2D eigenvalue weighted by Gasteiger charge is 2.38. The molecule has 3 N–H and O–H groups in total. The van der Waals surface area contributed by atoms with Gasteiger partial charge in [0.05, 0.1) is 25.1 Å². The summed E-state index contributed by atoms with van der Waals surface area (Å²) in [5.41, 5.74) is 8.99. The van der Waals surface area contributed by atoms with Crippen LogP contribution in [0.2, 0.25) is 0 Å². The lowest BCUT2D eigenvalue weighted by atomic mass is 9.73. The number of fused-ring (bicyclic) bond motifs is 3. The molecule has 0 radical (unpaired) electrons. The summed E-state index contributed by atoms with van der Waals surface area (Å²) >= 11 is 1.34. The third-order valence-electron chi connectivity index (χ3n) is 5.00. The monoisotopic (exact) mass is 426 g/mol. The molecule has 0 aliphatic heterocycles. The first kappa shape index (κ1) is 20.1. The van der Waals surface area contributed by atoms with Crippen LogP contribution < -0.4 is 5.73 Å². The average Bonchev–Trinajstić information content (AvgIpc) is 3.30. The van der Waals surface area contributed by atoms with Crippen LogP contribution in [-0.2, 0) is 34.2 Å². The molecular formula is C20H22N6O3S. The molecule has 10 heteroatoms. The first-order valence-electron chi connectivity index (χ1n) is 9.61. The van der Waals surface area contributed by atoms with Crippen LogP contribution in [0.4, 0.5) is 5.95 Å². The van der Waals surface area contributed by atoms with E-state index < -0.39 is 0 Å². The van der Waals surface area contributed by atoms with Crippen molar-refractivity contribution in [3.8, 4) is 11.4 Å². The predicted octanol–water partition coefficient (Wildman–Crippen LogP) is 2.27. The third kappa shape index (κ3) is 3.70. The molecule has 156 valence electrons. The number of aromatic nitrogens is 5. The number of ketones is 1. The molecule has 9 nitrogen and oxygen atoms in total. The minimum absolute atomic E-state index is 0.112. The van der Waals surface area contributed by atoms with Gasteiger partial charge in [-0.25, -0.2) is 15.0 Å². The Morgan fingerprint density at radius 2 is 2.03 bits per heavy atom. The van der Waals surface area contributed by atoms with E-state index in [4.69, 9.17) is 10.5 Å². The second-order valence-corrected chi connectivity index (χ2v) is 8.99. The molecule has 0 amide bonds. The van der Waals surface area contributed by atoms with Crippen LogP contribution >= 0.6 is 11.3 Å². The fourth-order valence-corrected chi connectivity index (χ4v) is 4.69. The van der Waals surface area contributed by atoms with Gasteiger partial charge in [0.1, 0.15) is 16.4 Å². The van der Waals surface area contributed by atoms with Crippen LogP contribution in [0.5, 0.6) is 0 Å². The lowest BCUT2D eigenvalue weighted by Crippen LogP contribution is -2.28. The molecule has 0 spiro atoms. The van der Waals surface area contributed by atoms with Gasteiger partial charge in [0.2, 0.25) is 5.95 Å². The fourth-order valence-electron chi connectivity index (χ4n) is 3.78. The van der Waals surface area contributed by atoms with E-state index in [1.165, 1.54) is 11.3 Å². The standard InChI is InChI=1S/C20H22N6O3S/c1-4-29-14(28)5-11-9-22-13(30-11)6-12(27)17-15-18(26-25-17)16-10(7-20(15,2)3)8-23-19(21)24-16/h8-9H,4-7H2,1-3H3,(H,25,26)(H2,21,23,24). The number of aromatic amines is 1. The molecule has 0 saturated carbocycles. The van der Waals surface area contributed by atoms with Gasteiger partial charge in [-0.1, -0.05) is 13.8 Å². The van der Waals surface area contributed by atoms with E-state index in [0.717, 1.165) is 16.0 Å². The Morgan fingerprint density at radius 1 is 1.23 bits per heavy atom. The number of esters is 1. The molecule has 0 bridgehead atoms. The topological polar surface area (TPSA) is 137 Å². The number of nitrogens with one attached hydrogen (secondary N) is 1. The number of ether oxygens (including phenoxy) is 1. The van der Waals surface area contributed by atoms with Gasteiger partial charge >= 0.3 is 5.97 Å². The molecule has 0 saturated heterocycles. The van der Waals surface area contributed by atoms with Crippen molar-refractivity contribution >= 4 is 29.0 Å². The molecule has 0 aromatic carbocycles. The molecule has 0 unspecified atom stereocenters. The third-order valence-corrected chi connectivity index (χ3v) is 6.00. The predicted molar refractivity (Wildman–Crippen MR) is 111 cm³/mol. The summed E-state index contributed by atoms with van der Waals surface area (Å²) in [6, 6.07) is 0. The molecule has 0 atom stereocenters. The summed E-state index contributed by atoms with van der Waals surface area (Å²) in [4.78, 5) is 38.2. The van der Waals surface area contributed by atoms with E-state index in [1.54, 1.807) is 19.3 Å². The van der Waals surface area contributed by atoms with E-state index >= 15 is 0 Å². The minimum Gasteiger partial charge on any atom is -0.466 e. The molecule has 3 aromatic rings. The Kier molecular flexibility index (Phi) is 5.10. The molecular weight excluding hydrogens is 404 g/mol. The van der Waals surface area contributed by atoms with Crippen LogP contribution in [0.25, 0.3) is 11.4 Å². The number of H-pyrrole nitrogens is 1. The van der Waals surface area contributed by atoms with Gasteiger partial charge in [0.15, 0.2) is 5.78 Å². The number of hydrogen-bond acceptors (Lipinski definition) is 9. The van der Waals surface area contributed by atoms with E-state index in [2.05, 4.69) is 39.0 Å². The van der Waals surface area contributed by atoms with Gasteiger partial charge in [0.25, 0.3) is 0 Å². The summed E-state index contributed by atoms with van der Waals surface area (Å²) in [5.74, 6) is -0.241. The Labute approximate surface area is 177 Å². The number of Topliss-reactive ketones (excluding diaryl/α,β-unsaturated/α-hetero) is 1. The number of nitrogens with two attached hydrogens (primary N) is 1. The molecule has 4 rings (SSSR count). The average molecular weight is 427 g/mol. The summed E-state index contributed by atoms with van der Waals surface area (Å²) in [6.45, 7) is 6.24. The lowest BCUT2D eigenvalue weighted by molar-refractivity contribution is -0.142. The number of rotatable bonds is 6. The second-order valence-electron chi connectivity index (χ2n) is 7.79. The summed E-state index contributed by atoms with van der Waals surface area (Å²) in [7, 11) is 0. The number of nitrogens with zero attached hydrogens (tertiary/aromatic N) is 4. The fraction of sp³-hybridized carbons (Fsp3) is 0.400. The largest absolute Gasteiger partial charge is 0.466 e. The highest BCUT2D eigenvalue weighted by Crippen LogP contribution is 2.42. The van der Waals surface area contributed by atoms with Crippen LogP contribution in [0, 0.1) is 0 Å². The highest BCUT2D eigenvalue weighted by atomic mass is 32.1. The Hall–Kier alpha value is -3.14. The van der Waals surface area contributed by atoms with Crippen LogP contribution in [0.3, 0.4) is 0 Å². The Bertz CT molecular complexity index is 1130. The van der Waals surface area contributed by atoms with Crippen LogP contribution in [0.1, 0.15) is 52.3 Å². The van der Waals surface area contributed by atoms with Crippen LogP contribution in [-0.4, -0.2) is 43.5 Å². The maximum atomic E-state index is 13.1. The van der Waals surface area contributed by atoms with E-state index in [9.17, 15) is 9.59 Å². The van der Waals surface area contributed by atoms with Gasteiger partial charge in [-0.05, 0) is 24.3 Å². The first-order valence-corrected chi connectivity index (χ1v) is 10.4. The van der Waals surface area contributed by atoms with Crippen LogP contribution in [0.15, 0.2) is 12.4 Å². The van der Waals surface area contributed by atoms with Crippen molar-refractivity contribution in [2.45, 2.75) is 45.4 Å². The zero-order valence-electron chi connectivity index (χ0n) is 17.0. The molecule has 3 heterocycles. The minimum atomic E-state index is -0.322. The lowest BCUT2D eigenvalue weighted by Gasteiger charge is -2.30. The van der Waals surface area contributed by atoms with E-state index in [-0.39, 0.29) is 36.0 Å². The zero-order chi connectivity index (χ0) is 21.5. The normalized spacial score (nSPS) is 14.1. The molecule has 1 aliphatic carbocycles. The van der Waals surface area contributed by atoms with Crippen molar-refractivity contribution < 1.29 is 14.3 Å². The van der Waals surface area contributed by atoms with Gasteiger partial charge in [-0.3, -0.25) is 14.7 Å². The molecule has 0 fully saturated rings. The number of hydrogen-bond donors (Lipinski definition) is 2. The van der Waals surface area contributed by atoms with E-state index in [0.29, 0.717) is 35.1 Å². The SMILES string of the molecule is CCOC(=O)Cc1cnc(CC(=O)c2[nH]nc3c2C(C)(C)Cc2cnc(N)nc2-3)s1. The first-order chi connectivity index (χ1) is 14.3. The molecule has 1 aliphatic rings. The van der Waals surface area contributed by atoms with Crippen molar-refractivity contribution in [2.24, 2.45) is 0 Å². The van der Waals surface area contributed by atoms with Crippen molar-refractivity contribution in [3.05, 3.63) is 39.1 Å². The summed E-state index contributed by atoms with van der Waals surface area (Å²) < 4.78 is 4.96. The number of thiazole rings is 1. The molecule has 30 heavy (non-hydrogen) atoms. The maximum absolute atomic E-state index is 13.1. The van der Waals surface area contributed by atoms with Gasteiger partial charge in [-0.15, -0.1) is 11.3 Å². The van der Waals surface area contributed by atoms with Crippen molar-refractivity contribution in [1.29, 1.82) is 0 Å². The van der Waals surface area contributed by atoms with Gasteiger partial charge < -0.3 is 10.5 Å². The molecule has 3 aromatic heterocycles. The maximum Gasteiger partial charge on any atom is 0.311 e. The van der Waals surface area contributed by atoms with Crippen molar-refractivity contribution in [3.63, 3.8) is 0 Å². The number of carbonyl (C=O) groups is 2. The number of anilines is 1. The van der Waals surface area contributed by atoms with Gasteiger partial charge in [-0.2, -0.15) is 5.10 Å². The van der Waals surface area contributed by atoms with E-state index in [1.807, 2.05) is 0 Å².